The number of rotatable bonds is 5. The summed E-state index contributed by atoms with van der Waals surface area (Å²) in [4.78, 5) is 32.9. The molecule has 21 heavy (non-hydrogen) atoms. The third-order valence-corrected chi connectivity index (χ3v) is 2.50. The third-order valence-electron chi connectivity index (χ3n) is 2.50. The number of nitrogens with one attached hydrogen (secondary N) is 1. The Hall–Kier alpha value is -2.44. The van der Waals surface area contributed by atoms with Crippen LogP contribution in [0.1, 0.15) is 38.1 Å². The molecule has 0 spiro atoms. The van der Waals surface area contributed by atoms with Crippen LogP contribution in [0, 0.1) is 10.1 Å². The van der Waals surface area contributed by atoms with Crippen molar-refractivity contribution >= 4 is 17.9 Å². The van der Waals surface area contributed by atoms with Crippen molar-refractivity contribution in [1.29, 1.82) is 0 Å². The molecular weight excluding hydrogens is 276 g/mol. The van der Waals surface area contributed by atoms with E-state index in [-0.39, 0.29) is 22.9 Å². The van der Waals surface area contributed by atoms with Gasteiger partial charge in [0.05, 0.1) is 10.5 Å². The van der Waals surface area contributed by atoms with Crippen molar-refractivity contribution in [3.63, 3.8) is 0 Å². The molecule has 0 aliphatic carbocycles. The number of nitrogens with zero attached hydrogens (tertiary/aromatic N) is 1. The average Bonchev–Trinajstić information content (AvgIpc) is 2.36. The molecule has 0 saturated carbocycles. The second-order valence-electron chi connectivity index (χ2n) is 5.60. The molecule has 114 valence electrons. The zero-order chi connectivity index (χ0) is 16.2. The summed E-state index contributed by atoms with van der Waals surface area (Å²) in [5.41, 5.74) is -0.589. The first-order valence-electron chi connectivity index (χ1n) is 6.36. The van der Waals surface area contributed by atoms with Crippen molar-refractivity contribution in [3.05, 3.63) is 33.9 Å². The maximum atomic E-state index is 11.9. The number of amides is 1. The van der Waals surface area contributed by atoms with Crippen molar-refractivity contribution in [2.75, 3.05) is 0 Å². The Balaban J connectivity index is 2.90. The number of aldehydes is 1. The number of carbonyl (C=O) groups is 2. The van der Waals surface area contributed by atoms with E-state index in [0.29, 0.717) is 6.29 Å². The van der Waals surface area contributed by atoms with Crippen LogP contribution in [0.25, 0.3) is 0 Å². The van der Waals surface area contributed by atoms with Crippen LogP contribution in [0.4, 0.5) is 5.69 Å². The molecule has 7 nitrogen and oxygen atoms in total. The summed E-state index contributed by atoms with van der Waals surface area (Å²) in [6.07, 6.45) is -0.374. The topological polar surface area (TPSA) is 98.5 Å². The van der Waals surface area contributed by atoms with Gasteiger partial charge in [-0.15, -0.1) is 0 Å². The number of ether oxygens (including phenoxy) is 1. The first-order chi connectivity index (χ1) is 9.64. The number of hydrogen-bond acceptors (Lipinski definition) is 5. The summed E-state index contributed by atoms with van der Waals surface area (Å²) < 4.78 is 5.41. The van der Waals surface area contributed by atoms with Gasteiger partial charge in [0, 0.05) is 17.7 Å². The lowest BCUT2D eigenvalue weighted by Crippen LogP contribution is -2.46. The summed E-state index contributed by atoms with van der Waals surface area (Å²) in [5, 5.41) is 13.4. The summed E-state index contributed by atoms with van der Waals surface area (Å²) in [7, 11) is 0. The highest BCUT2D eigenvalue weighted by atomic mass is 16.6. The third kappa shape index (κ3) is 4.87. The van der Waals surface area contributed by atoms with Crippen molar-refractivity contribution < 1.29 is 19.2 Å². The van der Waals surface area contributed by atoms with Crippen molar-refractivity contribution in [2.24, 2.45) is 0 Å². The van der Waals surface area contributed by atoms with E-state index in [9.17, 15) is 19.7 Å². The van der Waals surface area contributed by atoms with E-state index in [1.807, 2.05) is 20.8 Å². The highest BCUT2D eigenvalue weighted by Crippen LogP contribution is 2.23. The number of carbonyl (C=O) groups excluding carboxylic acids is 2. The fourth-order valence-electron chi connectivity index (χ4n) is 1.56. The van der Waals surface area contributed by atoms with Crippen LogP contribution >= 0.6 is 0 Å². The van der Waals surface area contributed by atoms with Gasteiger partial charge in [-0.25, -0.2) is 0 Å². The molecule has 0 bridgehead atoms. The van der Waals surface area contributed by atoms with Crippen LogP contribution in [0.5, 0.6) is 5.75 Å². The number of benzene rings is 1. The zero-order valence-electron chi connectivity index (χ0n) is 12.4. The molecule has 0 saturated heterocycles. The zero-order valence-corrected chi connectivity index (χ0v) is 12.4. The second-order valence-corrected chi connectivity index (χ2v) is 5.60. The molecule has 0 aliphatic heterocycles. The first kappa shape index (κ1) is 16.6. The van der Waals surface area contributed by atoms with E-state index in [1.165, 1.54) is 19.1 Å². The fraction of sp³-hybridized carbons (Fsp3) is 0.429. The van der Waals surface area contributed by atoms with Crippen molar-refractivity contribution in [3.8, 4) is 5.75 Å². The lowest BCUT2D eigenvalue weighted by molar-refractivity contribution is -0.384. The average molecular weight is 294 g/mol. The normalized spacial score (nSPS) is 12.4. The van der Waals surface area contributed by atoms with Crippen molar-refractivity contribution in [2.45, 2.75) is 39.3 Å². The van der Waals surface area contributed by atoms with Gasteiger partial charge in [-0.05, 0) is 33.8 Å². The molecule has 0 radical (unpaired) electrons. The molecule has 0 heterocycles. The van der Waals surface area contributed by atoms with E-state index in [4.69, 9.17) is 4.74 Å². The molecular formula is C14H18N2O5. The van der Waals surface area contributed by atoms with Crippen LogP contribution in [-0.2, 0) is 4.79 Å². The molecule has 0 fully saturated rings. The predicted molar refractivity (Wildman–Crippen MR) is 76.5 cm³/mol. The molecule has 1 N–H and O–H groups in total. The second kappa shape index (κ2) is 6.34. The number of non-ortho nitro benzene ring substituents is 1. The summed E-state index contributed by atoms with van der Waals surface area (Å²) in [5.74, 6) is -0.204. The standard InChI is InChI=1S/C14H18N2O5/c1-9(13(18)15-14(2,3)4)21-12-6-5-11(16(19)20)7-10(12)8-17/h5-9H,1-4H3,(H,15,18)/t9-/m1/s1. The quantitative estimate of drug-likeness (QED) is 0.509. The Labute approximate surface area is 122 Å². The van der Waals surface area contributed by atoms with Crippen LogP contribution in [0.2, 0.25) is 0 Å². The van der Waals surface area contributed by atoms with E-state index in [0.717, 1.165) is 6.07 Å². The van der Waals surface area contributed by atoms with E-state index >= 15 is 0 Å². The maximum absolute atomic E-state index is 11.9. The summed E-state index contributed by atoms with van der Waals surface area (Å²) >= 11 is 0. The smallest absolute Gasteiger partial charge is 0.270 e. The molecule has 0 aromatic heterocycles. The molecule has 0 aliphatic rings. The largest absolute Gasteiger partial charge is 0.480 e. The Bertz CT molecular complexity index is 563. The molecule has 0 unspecified atom stereocenters. The van der Waals surface area contributed by atoms with Gasteiger partial charge in [0.15, 0.2) is 12.4 Å². The highest BCUT2D eigenvalue weighted by Gasteiger charge is 2.22. The maximum Gasteiger partial charge on any atom is 0.270 e. The van der Waals surface area contributed by atoms with Gasteiger partial charge in [-0.1, -0.05) is 0 Å². The molecule has 1 atom stereocenters. The van der Waals surface area contributed by atoms with Gasteiger partial charge in [0.1, 0.15) is 5.75 Å². The SMILES string of the molecule is C[C@@H](Oc1ccc([N+](=O)[O-])cc1C=O)C(=O)NC(C)(C)C. The van der Waals surface area contributed by atoms with E-state index in [2.05, 4.69) is 5.32 Å². The predicted octanol–water partition coefficient (Wildman–Crippen LogP) is 2.09. The molecule has 7 heteroatoms. The van der Waals surface area contributed by atoms with Gasteiger partial charge < -0.3 is 10.1 Å². The summed E-state index contributed by atoms with van der Waals surface area (Å²) in [6.45, 7) is 7.04. The fourth-order valence-corrected chi connectivity index (χ4v) is 1.56. The van der Waals surface area contributed by atoms with Gasteiger partial charge in [0.2, 0.25) is 0 Å². The van der Waals surface area contributed by atoms with Crippen LogP contribution < -0.4 is 10.1 Å². The summed E-state index contributed by atoms with van der Waals surface area (Å²) in [6, 6.07) is 3.64. The van der Waals surface area contributed by atoms with Crippen molar-refractivity contribution in [1.82, 2.24) is 5.32 Å². The van der Waals surface area contributed by atoms with Crippen LogP contribution in [0.15, 0.2) is 18.2 Å². The minimum Gasteiger partial charge on any atom is -0.480 e. The minimum atomic E-state index is -0.829. The lowest BCUT2D eigenvalue weighted by Gasteiger charge is -2.23. The Morgan fingerprint density at radius 1 is 1.43 bits per heavy atom. The van der Waals surface area contributed by atoms with E-state index in [1.54, 1.807) is 0 Å². The Kier molecular flexibility index (Phi) is 5.02. The van der Waals surface area contributed by atoms with Gasteiger partial charge in [0.25, 0.3) is 11.6 Å². The van der Waals surface area contributed by atoms with Gasteiger partial charge in [-0.3, -0.25) is 19.7 Å². The van der Waals surface area contributed by atoms with Gasteiger partial charge >= 0.3 is 0 Å². The lowest BCUT2D eigenvalue weighted by atomic mass is 10.1. The highest BCUT2D eigenvalue weighted by molar-refractivity contribution is 5.83. The Morgan fingerprint density at radius 2 is 2.05 bits per heavy atom. The molecule has 1 amide bonds. The molecule has 1 rings (SSSR count). The van der Waals surface area contributed by atoms with E-state index < -0.39 is 16.6 Å². The Morgan fingerprint density at radius 3 is 2.52 bits per heavy atom. The number of nitro groups is 1. The minimum absolute atomic E-state index is 0.0274. The monoisotopic (exact) mass is 294 g/mol. The number of nitro benzene ring substituents is 1. The number of hydrogen-bond donors (Lipinski definition) is 1. The molecule has 1 aromatic rings. The van der Waals surface area contributed by atoms with Crippen LogP contribution in [-0.4, -0.2) is 28.8 Å². The molecule has 1 aromatic carbocycles. The van der Waals surface area contributed by atoms with Crippen LogP contribution in [0.3, 0.4) is 0 Å². The van der Waals surface area contributed by atoms with Gasteiger partial charge in [-0.2, -0.15) is 0 Å². The first-order valence-corrected chi connectivity index (χ1v) is 6.36.